The van der Waals surface area contributed by atoms with Gasteiger partial charge in [-0.25, -0.2) is 0 Å². The molecule has 3 aromatic rings. The normalized spacial score (nSPS) is 10.4. The van der Waals surface area contributed by atoms with Crippen LogP contribution in [0.25, 0.3) is 0 Å². The fourth-order valence-corrected chi connectivity index (χ4v) is 2.88. The van der Waals surface area contributed by atoms with E-state index in [1.807, 2.05) is 6.92 Å². The van der Waals surface area contributed by atoms with Crippen LogP contribution in [0.1, 0.15) is 25.9 Å². The van der Waals surface area contributed by atoms with Crippen molar-refractivity contribution in [1.82, 2.24) is 9.36 Å². The van der Waals surface area contributed by atoms with Gasteiger partial charge in [0.05, 0.1) is 10.6 Å². The molecular formula is C13H10N4O3S2. The molecule has 2 N–H and O–H groups in total. The molecule has 0 saturated carbocycles. The van der Waals surface area contributed by atoms with E-state index in [9.17, 15) is 9.59 Å². The highest BCUT2D eigenvalue weighted by Crippen LogP contribution is 2.18. The molecule has 0 aromatic carbocycles. The van der Waals surface area contributed by atoms with E-state index in [0.29, 0.717) is 9.88 Å². The number of rotatable bonds is 4. The van der Waals surface area contributed by atoms with E-state index in [1.54, 1.807) is 23.6 Å². The van der Waals surface area contributed by atoms with Gasteiger partial charge in [0.2, 0.25) is 0 Å². The maximum absolute atomic E-state index is 12.0. The van der Waals surface area contributed by atoms with Gasteiger partial charge in [-0.1, -0.05) is 6.07 Å². The van der Waals surface area contributed by atoms with Crippen molar-refractivity contribution in [1.29, 1.82) is 0 Å². The molecule has 2 amide bonds. The Morgan fingerprint density at radius 2 is 2.14 bits per heavy atom. The van der Waals surface area contributed by atoms with E-state index >= 15 is 0 Å². The third kappa shape index (κ3) is 3.21. The second-order valence-electron chi connectivity index (χ2n) is 4.26. The zero-order chi connectivity index (χ0) is 15.5. The van der Waals surface area contributed by atoms with Crippen LogP contribution in [-0.4, -0.2) is 21.2 Å². The summed E-state index contributed by atoms with van der Waals surface area (Å²) in [5.74, 6) is -0.758. The van der Waals surface area contributed by atoms with Gasteiger partial charge in [-0.05, 0) is 36.0 Å². The molecule has 0 aliphatic heterocycles. The number of aromatic nitrogens is 2. The standard InChI is InChI=1S/C13H10N4O3S2/c1-7-5-10(22-17-7)15-11(18)8-6-20-13(14-8)16-12(19)9-3-2-4-21-9/h2-6H,1H3,(H,15,18)(H,14,16,19). The summed E-state index contributed by atoms with van der Waals surface area (Å²) in [5, 5.41) is 7.56. The van der Waals surface area contributed by atoms with Crippen LogP contribution in [0, 0.1) is 6.92 Å². The molecule has 0 spiro atoms. The number of anilines is 2. The summed E-state index contributed by atoms with van der Waals surface area (Å²) in [6, 6.07) is 5.18. The molecular weight excluding hydrogens is 324 g/mol. The van der Waals surface area contributed by atoms with Gasteiger partial charge in [0.15, 0.2) is 5.69 Å². The van der Waals surface area contributed by atoms with Crippen LogP contribution in [0.2, 0.25) is 0 Å². The Hall–Kier alpha value is -2.52. The van der Waals surface area contributed by atoms with Crippen molar-refractivity contribution in [3.63, 3.8) is 0 Å². The molecule has 0 bridgehead atoms. The molecule has 3 aromatic heterocycles. The smallest absolute Gasteiger partial charge is 0.302 e. The van der Waals surface area contributed by atoms with Crippen molar-refractivity contribution < 1.29 is 14.0 Å². The quantitative estimate of drug-likeness (QED) is 0.764. The van der Waals surface area contributed by atoms with E-state index < -0.39 is 5.91 Å². The minimum Gasteiger partial charge on any atom is -0.431 e. The van der Waals surface area contributed by atoms with Gasteiger partial charge < -0.3 is 9.73 Å². The van der Waals surface area contributed by atoms with Crippen molar-refractivity contribution in [3.05, 3.63) is 46.1 Å². The fourth-order valence-electron chi connectivity index (χ4n) is 1.60. The summed E-state index contributed by atoms with van der Waals surface area (Å²) in [6.45, 7) is 1.83. The minimum atomic E-state index is -0.427. The van der Waals surface area contributed by atoms with Gasteiger partial charge in [-0.2, -0.15) is 9.36 Å². The van der Waals surface area contributed by atoms with E-state index in [1.165, 1.54) is 29.1 Å². The summed E-state index contributed by atoms with van der Waals surface area (Å²) in [6.07, 6.45) is 1.19. The zero-order valence-electron chi connectivity index (χ0n) is 11.3. The number of thiophene rings is 1. The highest BCUT2D eigenvalue weighted by Gasteiger charge is 2.16. The topological polar surface area (TPSA) is 97.1 Å². The lowest BCUT2D eigenvalue weighted by Gasteiger charge is -1.97. The molecule has 112 valence electrons. The molecule has 0 unspecified atom stereocenters. The maximum Gasteiger partial charge on any atom is 0.302 e. The first-order valence-corrected chi connectivity index (χ1v) is 7.82. The highest BCUT2D eigenvalue weighted by atomic mass is 32.1. The number of nitrogens with one attached hydrogen (secondary N) is 2. The Bertz CT molecular complexity index is 807. The highest BCUT2D eigenvalue weighted by molar-refractivity contribution is 7.12. The zero-order valence-corrected chi connectivity index (χ0v) is 13.0. The number of aryl methyl sites for hydroxylation is 1. The number of nitrogens with zero attached hydrogens (tertiary/aromatic N) is 2. The van der Waals surface area contributed by atoms with Gasteiger partial charge in [0, 0.05) is 0 Å². The molecule has 0 atom stereocenters. The Kier molecular flexibility index (Phi) is 3.98. The molecule has 9 heteroatoms. The van der Waals surface area contributed by atoms with Crippen molar-refractivity contribution >= 4 is 45.7 Å². The number of carbonyl (C=O) groups excluding carboxylic acids is 2. The van der Waals surface area contributed by atoms with Crippen LogP contribution in [0.15, 0.2) is 34.3 Å². The van der Waals surface area contributed by atoms with Gasteiger partial charge in [0.1, 0.15) is 11.3 Å². The fraction of sp³-hybridized carbons (Fsp3) is 0.0769. The van der Waals surface area contributed by atoms with Crippen molar-refractivity contribution in [3.8, 4) is 0 Å². The van der Waals surface area contributed by atoms with Crippen LogP contribution in [0.3, 0.4) is 0 Å². The van der Waals surface area contributed by atoms with Crippen LogP contribution in [0.4, 0.5) is 11.0 Å². The van der Waals surface area contributed by atoms with Crippen molar-refractivity contribution in [2.24, 2.45) is 0 Å². The van der Waals surface area contributed by atoms with E-state index in [2.05, 4.69) is 20.0 Å². The lowest BCUT2D eigenvalue weighted by molar-refractivity contribution is 0.101. The summed E-state index contributed by atoms with van der Waals surface area (Å²) in [4.78, 5) is 28.3. The second kappa shape index (κ2) is 6.08. The van der Waals surface area contributed by atoms with Gasteiger partial charge in [0.25, 0.3) is 11.8 Å². The number of hydrogen-bond donors (Lipinski definition) is 2. The number of oxazole rings is 1. The summed E-state index contributed by atoms with van der Waals surface area (Å²) < 4.78 is 9.15. The van der Waals surface area contributed by atoms with Crippen molar-refractivity contribution in [2.75, 3.05) is 10.6 Å². The first kappa shape index (κ1) is 14.4. The summed E-state index contributed by atoms with van der Waals surface area (Å²) in [5.41, 5.74) is 0.900. The molecule has 22 heavy (non-hydrogen) atoms. The monoisotopic (exact) mass is 334 g/mol. The minimum absolute atomic E-state index is 0.0240. The van der Waals surface area contributed by atoms with E-state index in [0.717, 1.165) is 5.69 Å². The Balaban J connectivity index is 1.65. The van der Waals surface area contributed by atoms with E-state index in [-0.39, 0.29) is 17.6 Å². The Morgan fingerprint density at radius 1 is 1.27 bits per heavy atom. The maximum atomic E-state index is 12.0. The Labute approximate surface area is 133 Å². The van der Waals surface area contributed by atoms with Crippen LogP contribution >= 0.6 is 22.9 Å². The van der Waals surface area contributed by atoms with Gasteiger partial charge in [-0.3, -0.25) is 14.9 Å². The molecule has 7 nitrogen and oxygen atoms in total. The molecule has 0 saturated heterocycles. The average molecular weight is 334 g/mol. The molecule has 0 aliphatic carbocycles. The first-order chi connectivity index (χ1) is 10.6. The third-order valence-electron chi connectivity index (χ3n) is 2.57. The molecule has 3 heterocycles. The lowest BCUT2D eigenvalue weighted by Crippen LogP contribution is -2.13. The number of amides is 2. The second-order valence-corrected chi connectivity index (χ2v) is 6.01. The predicted octanol–water partition coefficient (Wildman–Crippen LogP) is 3.01. The molecule has 0 radical (unpaired) electrons. The predicted molar refractivity (Wildman–Crippen MR) is 83.6 cm³/mol. The van der Waals surface area contributed by atoms with Crippen LogP contribution in [-0.2, 0) is 0 Å². The lowest BCUT2D eigenvalue weighted by atomic mass is 10.4. The average Bonchev–Trinajstić information content (AvgIpc) is 3.20. The Morgan fingerprint density at radius 3 is 2.82 bits per heavy atom. The first-order valence-electron chi connectivity index (χ1n) is 6.17. The molecule has 0 fully saturated rings. The van der Waals surface area contributed by atoms with Gasteiger partial charge in [-0.15, -0.1) is 11.3 Å². The van der Waals surface area contributed by atoms with Crippen molar-refractivity contribution in [2.45, 2.75) is 6.92 Å². The largest absolute Gasteiger partial charge is 0.431 e. The molecule has 3 rings (SSSR count). The van der Waals surface area contributed by atoms with E-state index in [4.69, 9.17) is 4.42 Å². The van der Waals surface area contributed by atoms with Gasteiger partial charge >= 0.3 is 6.01 Å². The number of hydrogen-bond acceptors (Lipinski definition) is 7. The van der Waals surface area contributed by atoms with Crippen LogP contribution in [0.5, 0.6) is 0 Å². The summed E-state index contributed by atoms with van der Waals surface area (Å²) >= 11 is 2.48. The van der Waals surface area contributed by atoms with Crippen LogP contribution < -0.4 is 10.6 Å². The SMILES string of the molecule is Cc1cc(NC(=O)c2coc(NC(=O)c3cccs3)n2)sn1. The molecule has 0 aliphatic rings. The number of carbonyl (C=O) groups is 2. The summed E-state index contributed by atoms with van der Waals surface area (Å²) in [7, 11) is 0. The third-order valence-corrected chi connectivity index (χ3v) is 4.23.